The van der Waals surface area contributed by atoms with E-state index in [0.717, 1.165) is 39.6 Å². The number of halogens is 2. The molecule has 1 aliphatic rings. The van der Waals surface area contributed by atoms with E-state index in [1.54, 1.807) is 0 Å². The monoisotopic (exact) mass is 490 g/mol. The first-order valence-electron chi connectivity index (χ1n) is 15.2. The van der Waals surface area contributed by atoms with Crippen molar-refractivity contribution in [3.63, 3.8) is 0 Å². The number of carbonyl (C=O) groups is 1. The van der Waals surface area contributed by atoms with E-state index in [1.165, 1.54) is 17.2 Å². The number of piperidine rings is 1. The van der Waals surface area contributed by atoms with Gasteiger partial charge in [-0.15, -0.1) is 0 Å². The van der Waals surface area contributed by atoms with Crippen LogP contribution in [0.1, 0.15) is 35.5 Å². The molecule has 2 aromatic heterocycles. The number of nitrogens with zero attached hydrogens (tertiary/aromatic N) is 3. The van der Waals surface area contributed by atoms with Crippen molar-refractivity contribution < 1.29 is 35.4 Å². The minimum absolute atomic E-state index is 0.0329. The Hall–Kier alpha value is -3.88. The molecule has 0 spiro atoms. The van der Waals surface area contributed by atoms with Crippen molar-refractivity contribution in [1.29, 1.82) is 0 Å². The van der Waals surface area contributed by atoms with Gasteiger partial charge in [0, 0.05) is 47.3 Å². The average Bonchev–Trinajstić information content (AvgIpc) is 3.32. The molecule has 3 heterocycles. The van der Waals surface area contributed by atoms with Gasteiger partial charge < -0.3 is 18.9 Å². The van der Waals surface area contributed by atoms with Crippen molar-refractivity contribution in [1.82, 2.24) is 14.0 Å². The molecule has 1 aliphatic heterocycles. The highest BCUT2D eigenvalue weighted by molar-refractivity contribution is 6.07. The van der Waals surface area contributed by atoms with Gasteiger partial charge in [-0.2, -0.15) is 0 Å². The van der Waals surface area contributed by atoms with Crippen LogP contribution in [0.2, 0.25) is 0 Å². The number of benzene rings is 2. The van der Waals surface area contributed by atoms with Gasteiger partial charge in [0.05, 0.1) is 44.5 Å². The number of hydrogen-bond acceptors (Lipinski definition) is 4. The summed E-state index contributed by atoms with van der Waals surface area (Å²) in [6.07, 6.45) is 1.28. The third-order valence-electron chi connectivity index (χ3n) is 6.25. The van der Waals surface area contributed by atoms with E-state index in [-0.39, 0.29) is 58.9 Å². The fourth-order valence-corrected chi connectivity index (χ4v) is 4.47. The number of fused-ring (bicyclic) bond motifs is 2. The van der Waals surface area contributed by atoms with Crippen LogP contribution in [0.25, 0.3) is 27.4 Å². The van der Waals surface area contributed by atoms with Crippen molar-refractivity contribution in [2.24, 2.45) is 6.98 Å². The molecule has 7 nitrogen and oxygen atoms in total. The molecule has 0 radical (unpaired) electrons. The van der Waals surface area contributed by atoms with E-state index in [9.17, 15) is 18.4 Å². The lowest BCUT2D eigenvalue weighted by Crippen LogP contribution is -2.39. The summed E-state index contributed by atoms with van der Waals surface area (Å²) >= 11 is 0. The van der Waals surface area contributed by atoms with Crippen LogP contribution >= 0.6 is 0 Å². The maximum Gasteiger partial charge on any atom is 0.263 e. The lowest BCUT2D eigenvalue weighted by atomic mass is 10.0. The highest BCUT2D eigenvalue weighted by atomic mass is 19.1. The van der Waals surface area contributed by atoms with E-state index in [4.69, 9.17) is 21.8 Å². The van der Waals surface area contributed by atoms with Gasteiger partial charge in [0.1, 0.15) is 12.0 Å². The molecule has 0 saturated carbocycles. The molecule has 9 heteroatoms. The number of alkyl halides is 1. The molecule has 0 atom stereocenters. The fraction of sp³-hybridized carbons (Fsp3) is 0.308. The summed E-state index contributed by atoms with van der Waals surface area (Å²) in [5.41, 5.74) is -1.30. The van der Waals surface area contributed by atoms with Crippen molar-refractivity contribution in [3.8, 4) is 17.2 Å². The largest absolute Gasteiger partial charge is 0.493 e. The number of amides is 1. The van der Waals surface area contributed by atoms with Gasteiger partial charge in [-0.05, 0) is 43.2 Å². The lowest BCUT2D eigenvalue weighted by Gasteiger charge is -2.29. The second-order valence-electron chi connectivity index (χ2n) is 8.28. The SMILES string of the molecule is [2H]C([2H])([2H])Oc1cc2c(C(=O)N3CCC(F)CC3)cn(-c3cc(F)cc4c3ccn4C([2H])([2H])[2H])c(=O)c2cc1OC([2H])([2H])[2H]. The van der Waals surface area contributed by atoms with Gasteiger partial charge in [-0.25, -0.2) is 8.78 Å². The van der Waals surface area contributed by atoms with Gasteiger partial charge in [-0.3, -0.25) is 14.2 Å². The predicted molar refractivity (Wildman–Crippen MR) is 129 cm³/mol. The highest BCUT2D eigenvalue weighted by Gasteiger charge is 2.27. The highest BCUT2D eigenvalue weighted by Crippen LogP contribution is 2.34. The molecule has 1 fully saturated rings. The van der Waals surface area contributed by atoms with Gasteiger partial charge in [0.2, 0.25) is 0 Å². The quantitative estimate of drug-likeness (QED) is 0.430. The van der Waals surface area contributed by atoms with E-state index in [2.05, 4.69) is 0 Å². The number of hydrogen-bond donors (Lipinski definition) is 0. The number of rotatable bonds is 4. The topological polar surface area (TPSA) is 65.7 Å². The minimum Gasteiger partial charge on any atom is -0.493 e. The van der Waals surface area contributed by atoms with Crippen molar-refractivity contribution in [2.45, 2.75) is 19.0 Å². The second-order valence-corrected chi connectivity index (χ2v) is 8.28. The summed E-state index contributed by atoms with van der Waals surface area (Å²) in [5, 5.41) is -0.313. The third-order valence-corrected chi connectivity index (χ3v) is 6.25. The van der Waals surface area contributed by atoms with Crippen LogP contribution in [-0.4, -0.2) is 53.3 Å². The first-order chi connectivity index (χ1) is 20.3. The maximum atomic E-state index is 14.9. The summed E-state index contributed by atoms with van der Waals surface area (Å²) in [5.74, 6) is -2.80. The molecule has 0 aliphatic carbocycles. The van der Waals surface area contributed by atoms with Crippen LogP contribution in [0.3, 0.4) is 0 Å². The Morgan fingerprint density at radius 2 is 1.77 bits per heavy atom. The first kappa shape index (κ1) is 14.5. The molecule has 0 unspecified atom stereocenters. The molecular formula is C26H25F2N3O4. The van der Waals surface area contributed by atoms with Crippen LogP contribution in [0, 0.1) is 5.82 Å². The van der Waals surface area contributed by atoms with E-state index < -0.39 is 56.0 Å². The number of pyridine rings is 1. The zero-order valence-electron chi connectivity index (χ0n) is 27.2. The average molecular weight is 491 g/mol. The molecule has 4 aromatic rings. The molecule has 182 valence electrons. The van der Waals surface area contributed by atoms with E-state index in [1.807, 2.05) is 0 Å². The zero-order chi connectivity index (χ0) is 32.4. The Kier molecular flexibility index (Phi) is 3.61. The van der Waals surface area contributed by atoms with Crippen LogP contribution in [-0.2, 0) is 6.98 Å². The minimum atomic E-state index is -3.10. The first-order valence-corrected chi connectivity index (χ1v) is 10.7. The molecular weight excluding hydrogens is 456 g/mol. The smallest absolute Gasteiger partial charge is 0.263 e. The number of methoxy groups -OCH3 is 2. The Bertz CT molecular complexity index is 1820. The Morgan fingerprint density at radius 1 is 1.06 bits per heavy atom. The van der Waals surface area contributed by atoms with Gasteiger partial charge in [0.15, 0.2) is 11.5 Å². The Balaban J connectivity index is 1.84. The summed E-state index contributed by atoms with van der Waals surface area (Å²) in [4.78, 5) is 29.2. The zero-order valence-corrected chi connectivity index (χ0v) is 18.2. The number of ether oxygens (including phenoxy) is 2. The standard InChI is InChI=1S/C26H25F2N3O4/c1-29-7-6-17-21(29)10-16(28)11-22(17)31-14-20(25(32)30-8-4-15(27)5-9-30)18-12-23(34-2)24(35-3)13-19(18)26(31)33/h6-7,10-15H,4-5,8-9H2,1-3H3/i1D3,2D3,3D3. The molecule has 1 amide bonds. The van der Waals surface area contributed by atoms with Gasteiger partial charge >= 0.3 is 0 Å². The van der Waals surface area contributed by atoms with Gasteiger partial charge in [-0.1, -0.05) is 0 Å². The van der Waals surface area contributed by atoms with Crippen molar-refractivity contribution in [3.05, 3.63) is 64.5 Å². The van der Waals surface area contributed by atoms with Gasteiger partial charge in [0.25, 0.3) is 11.5 Å². The normalized spacial score (nSPS) is 19.5. The third kappa shape index (κ3) is 3.80. The maximum absolute atomic E-state index is 14.9. The van der Waals surface area contributed by atoms with Crippen LogP contribution in [0.5, 0.6) is 11.5 Å². The predicted octanol–water partition coefficient (Wildman–Crippen LogP) is 4.21. The van der Waals surface area contributed by atoms with Crippen LogP contribution in [0.15, 0.2) is 47.5 Å². The number of carbonyl (C=O) groups excluding carboxylic acids is 1. The molecule has 0 N–H and O–H groups in total. The lowest BCUT2D eigenvalue weighted by molar-refractivity contribution is 0.0668. The summed E-state index contributed by atoms with van der Waals surface area (Å²) in [6, 6.07) is 5.21. The van der Waals surface area contributed by atoms with E-state index in [0.29, 0.717) is 0 Å². The number of likely N-dealkylation sites (tertiary alicyclic amines) is 1. The molecule has 5 rings (SSSR count). The Labute approximate surface area is 212 Å². The summed E-state index contributed by atoms with van der Waals surface area (Å²) in [7, 11) is -6.18. The number of aromatic nitrogens is 2. The fourth-order valence-electron chi connectivity index (χ4n) is 4.47. The van der Waals surface area contributed by atoms with E-state index >= 15 is 0 Å². The molecule has 35 heavy (non-hydrogen) atoms. The molecule has 1 saturated heterocycles. The van der Waals surface area contributed by atoms with Crippen molar-refractivity contribution >= 4 is 27.6 Å². The Morgan fingerprint density at radius 3 is 2.46 bits per heavy atom. The van der Waals surface area contributed by atoms with Crippen molar-refractivity contribution in [2.75, 3.05) is 27.2 Å². The van der Waals surface area contributed by atoms with Crippen LogP contribution in [0.4, 0.5) is 8.78 Å². The molecule has 0 bridgehead atoms. The van der Waals surface area contributed by atoms with Crippen LogP contribution < -0.4 is 15.0 Å². The summed E-state index contributed by atoms with van der Waals surface area (Å²) in [6.45, 7) is -2.62. The molecule has 2 aromatic carbocycles. The number of aryl methyl sites for hydroxylation is 1. The summed E-state index contributed by atoms with van der Waals surface area (Å²) < 4.78 is 109. The second kappa shape index (κ2) is 8.72.